The van der Waals surface area contributed by atoms with E-state index in [-0.39, 0.29) is 0 Å². The van der Waals surface area contributed by atoms with Crippen molar-refractivity contribution in [2.45, 2.75) is 19.3 Å². The molecule has 0 atom stereocenters. The molecule has 100 valence electrons. The van der Waals surface area contributed by atoms with Gasteiger partial charge in [0.25, 0.3) is 0 Å². The molecule has 0 saturated carbocycles. The van der Waals surface area contributed by atoms with E-state index in [2.05, 4.69) is 52.5 Å². The normalized spacial score (nSPS) is 23.1. The second-order valence-electron chi connectivity index (χ2n) is 6.88. The molecule has 1 heterocycles. The molecule has 2 rings (SSSR count). The molecule has 0 saturated heterocycles. The van der Waals surface area contributed by atoms with E-state index < -0.39 is 0 Å². The summed E-state index contributed by atoms with van der Waals surface area (Å²) in [5.41, 5.74) is 3.05. The molecule has 2 heteroatoms. The largest absolute Gasteiger partial charge is 0.328 e. The highest BCUT2D eigenvalue weighted by Gasteiger charge is 2.25. The summed E-state index contributed by atoms with van der Waals surface area (Å²) >= 11 is 0. The second kappa shape index (κ2) is 5.02. The first-order valence-corrected chi connectivity index (χ1v) is 7.14. The summed E-state index contributed by atoms with van der Waals surface area (Å²) in [4.78, 5) is 0. The van der Waals surface area contributed by atoms with Gasteiger partial charge in [0.2, 0.25) is 0 Å². The highest BCUT2D eigenvalue weighted by Crippen LogP contribution is 2.26. The molecule has 1 aliphatic rings. The minimum absolute atomic E-state index is 1.03. The van der Waals surface area contributed by atoms with E-state index in [1.807, 2.05) is 0 Å². The van der Waals surface area contributed by atoms with Gasteiger partial charge in [-0.25, -0.2) is 0 Å². The monoisotopic (exact) mass is 248 g/mol. The first-order chi connectivity index (χ1) is 8.41. The Bertz CT molecular complexity index is 407. The van der Waals surface area contributed by atoms with Crippen molar-refractivity contribution >= 4 is 5.69 Å². The quantitative estimate of drug-likeness (QED) is 0.619. The molecular weight excluding hydrogens is 220 g/mol. The summed E-state index contributed by atoms with van der Waals surface area (Å²) in [7, 11) is 9.43. The van der Waals surface area contributed by atoms with Crippen LogP contribution in [0.15, 0.2) is 24.3 Å². The van der Waals surface area contributed by atoms with Gasteiger partial charge in [0.1, 0.15) is 5.69 Å². The number of likely N-dealkylation sites (N-methyl/N-ethyl adjacent to an activating group) is 1. The Hall–Kier alpha value is -0.860. The minimum atomic E-state index is 1.03. The van der Waals surface area contributed by atoms with Crippen molar-refractivity contribution < 1.29 is 4.48 Å². The number of fused-ring (bicyclic) bond motifs is 1. The minimum Gasteiger partial charge on any atom is -0.328 e. The van der Waals surface area contributed by atoms with Crippen LogP contribution in [0.2, 0.25) is 0 Å². The van der Waals surface area contributed by atoms with E-state index in [0.29, 0.717) is 0 Å². The van der Waals surface area contributed by atoms with Gasteiger partial charge in [-0.2, -0.15) is 0 Å². The summed E-state index contributed by atoms with van der Waals surface area (Å²) in [6.45, 7) is 3.80. The van der Waals surface area contributed by atoms with Crippen LogP contribution in [-0.4, -0.2) is 52.3 Å². The highest BCUT2D eigenvalue weighted by atomic mass is 15.3. The van der Waals surface area contributed by atoms with Crippen LogP contribution in [0.1, 0.15) is 18.4 Å². The molecule has 0 unspecified atom stereocenters. The standard InChI is InChI=1S/C16H28N2/c1-17(2)12-7-8-13-18(3,4)16-10-6-5-9-15(16)11-14-17/h5-6,9-10H,7-8,11-14H2,1-4H3/q+2. The number of nitrogens with zero attached hydrogens (tertiary/aromatic N) is 2. The van der Waals surface area contributed by atoms with Gasteiger partial charge in [-0.15, -0.1) is 0 Å². The molecule has 0 fully saturated rings. The summed E-state index contributed by atoms with van der Waals surface area (Å²) < 4.78 is 2.19. The fourth-order valence-corrected chi connectivity index (χ4v) is 3.02. The number of rotatable bonds is 0. The summed E-state index contributed by atoms with van der Waals surface area (Å²) in [5.74, 6) is 0. The zero-order valence-corrected chi connectivity index (χ0v) is 12.4. The van der Waals surface area contributed by atoms with E-state index in [0.717, 1.165) is 8.97 Å². The third-order valence-corrected chi connectivity index (χ3v) is 4.36. The van der Waals surface area contributed by atoms with Crippen LogP contribution in [0, 0.1) is 0 Å². The Kier molecular flexibility index (Phi) is 3.79. The molecule has 0 amide bonds. The highest BCUT2D eigenvalue weighted by molar-refractivity contribution is 5.49. The van der Waals surface area contributed by atoms with Crippen LogP contribution in [0.3, 0.4) is 0 Å². The Morgan fingerprint density at radius 2 is 1.50 bits per heavy atom. The maximum atomic E-state index is 2.37. The van der Waals surface area contributed by atoms with Crippen LogP contribution in [0.5, 0.6) is 0 Å². The van der Waals surface area contributed by atoms with Gasteiger partial charge in [-0.3, -0.25) is 4.48 Å². The van der Waals surface area contributed by atoms with Gasteiger partial charge in [-0.05, 0) is 6.07 Å². The molecular formula is C16H28N2+2. The number of hydrogen-bond donors (Lipinski definition) is 0. The maximum absolute atomic E-state index is 2.37. The second-order valence-corrected chi connectivity index (χ2v) is 6.88. The van der Waals surface area contributed by atoms with Crippen LogP contribution in [-0.2, 0) is 6.42 Å². The Morgan fingerprint density at radius 1 is 0.833 bits per heavy atom. The SMILES string of the molecule is C[N+]1(C)CCCC[N+](C)(C)c2ccccc2CC1. The van der Waals surface area contributed by atoms with Crippen molar-refractivity contribution in [1.82, 2.24) is 4.48 Å². The number of para-hydroxylation sites is 1. The topological polar surface area (TPSA) is 0 Å². The zero-order valence-electron chi connectivity index (χ0n) is 12.4. The van der Waals surface area contributed by atoms with Gasteiger partial charge in [-0.1, -0.05) is 18.2 Å². The van der Waals surface area contributed by atoms with E-state index in [1.165, 1.54) is 50.1 Å². The number of hydrogen-bond acceptors (Lipinski definition) is 0. The van der Waals surface area contributed by atoms with Crippen LogP contribution in [0.4, 0.5) is 5.69 Å². The molecule has 0 bridgehead atoms. The lowest BCUT2D eigenvalue weighted by Crippen LogP contribution is -2.46. The molecule has 0 aromatic heterocycles. The molecule has 0 N–H and O–H groups in total. The fraction of sp³-hybridized carbons (Fsp3) is 0.625. The number of benzene rings is 1. The van der Waals surface area contributed by atoms with Gasteiger partial charge in [0.05, 0.1) is 47.8 Å². The predicted octanol–water partition coefficient (Wildman–Crippen LogP) is 2.67. The molecule has 0 spiro atoms. The summed E-state index contributed by atoms with van der Waals surface area (Å²) in [6, 6.07) is 9.00. The van der Waals surface area contributed by atoms with Crippen molar-refractivity contribution in [2.24, 2.45) is 0 Å². The van der Waals surface area contributed by atoms with Crippen molar-refractivity contribution in [3.63, 3.8) is 0 Å². The summed E-state index contributed by atoms with van der Waals surface area (Å²) in [6.07, 6.45) is 3.87. The molecule has 0 aliphatic carbocycles. The average molecular weight is 248 g/mol. The van der Waals surface area contributed by atoms with Gasteiger partial charge >= 0.3 is 0 Å². The van der Waals surface area contributed by atoms with Crippen molar-refractivity contribution in [3.8, 4) is 0 Å². The van der Waals surface area contributed by atoms with Crippen LogP contribution < -0.4 is 4.48 Å². The Balaban J connectivity index is 2.32. The van der Waals surface area contributed by atoms with E-state index >= 15 is 0 Å². The maximum Gasteiger partial charge on any atom is 0.135 e. The lowest BCUT2D eigenvalue weighted by atomic mass is 10.0. The van der Waals surface area contributed by atoms with Crippen molar-refractivity contribution in [3.05, 3.63) is 29.8 Å². The molecule has 0 radical (unpaired) electrons. The molecule has 18 heavy (non-hydrogen) atoms. The average Bonchev–Trinajstić information content (AvgIpc) is 2.32. The van der Waals surface area contributed by atoms with Gasteiger partial charge in [0, 0.05) is 24.8 Å². The number of quaternary nitrogens is 2. The van der Waals surface area contributed by atoms with Gasteiger partial charge < -0.3 is 4.48 Å². The van der Waals surface area contributed by atoms with Crippen molar-refractivity contribution in [1.29, 1.82) is 0 Å². The molecule has 1 aromatic carbocycles. The van der Waals surface area contributed by atoms with Crippen LogP contribution in [0.25, 0.3) is 0 Å². The van der Waals surface area contributed by atoms with E-state index in [4.69, 9.17) is 0 Å². The summed E-state index contributed by atoms with van der Waals surface area (Å²) in [5, 5.41) is 0. The van der Waals surface area contributed by atoms with Gasteiger partial charge in [0.15, 0.2) is 0 Å². The third-order valence-electron chi connectivity index (χ3n) is 4.36. The Labute approximate surface area is 112 Å². The zero-order chi connectivity index (χ0) is 13.2. The van der Waals surface area contributed by atoms with Crippen molar-refractivity contribution in [2.75, 3.05) is 47.8 Å². The smallest absolute Gasteiger partial charge is 0.135 e. The lowest BCUT2D eigenvalue weighted by Gasteiger charge is -2.35. The molecule has 1 aliphatic heterocycles. The first kappa shape index (κ1) is 13.6. The Morgan fingerprint density at radius 3 is 2.28 bits per heavy atom. The van der Waals surface area contributed by atoms with Crippen LogP contribution >= 0.6 is 0 Å². The first-order valence-electron chi connectivity index (χ1n) is 7.14. The van der Waals surface area contributed by atoms with E-state index in [9.17, 15) is 0 Å². The third kappa shape index (κ3) is 3.12. The lowest BCUT2D eigenvalue weighted by molar-refractivity contribution is -0.890. The molecule has 1 aromatic rings. The molecule has 2 nitrogen and oxygen atoms in total. The van der Waals surface area contributed by atoms with E-state index in [1.54, 1.807) is 0 Å². The predicted molar refractivity (Wildman–Crippen MR) is 79.7 cm³/mol. The fourth-order valence-electron chi connectivity index (χ4n) is 3.02.